The fourth-order valence-corrected chi connectivity index (χ4v) is 5.65. The minimum atomic E-state index is -2.84. The second-order valence-corrected chi connectivity index (χ2v) is 9.02. The first-order chi connectivity index (χ1) is 14.8. The number of hydrogen-bond acceptors (Lipinski definition) is 9. The molecule has 0 aliphatic heterocycles. The van der Waals surface area contributed by atoms with Gasteiger partial charge in [-0.1, -0.05) is 11.6 Å². The van der Waals surface area contributed by atoms with Gasteiger partial charge in [-0.15, -0.1) is 0 Å². The highest BCUT2D eigenvalue weighted by molar-refractivity contribution is 6.33. The number of ketones is 3. The first-order valence-corrected chi connectivity index (χ1v) is 10.2. The van der Waals surface area contributed by atoms with E-state index in [0.29, 0.717) is 0 Å². The van der Waals surface area contributed by atoms with E-state index in [1.807, 2.05) is 0 Å². The van der Waals surface area contributed by atoms with Crippen LogP contribution in [0.25, 0.3) is 5.76 Å². The number of aliphatic hydroxyl groups is 3. The number of nitrogens with two attached hydrogens (primary N) is 1. The highest BCUT2D eigenvalue weighted by Crippen LogP contribution is 2.55. The number of benzene rings is 1. The molecule has 3 aliphatic carbocycles. The maximum atomic E-state index is 13.5. The van der Waals surface area contributed by atoms with E-state index >= 15 is 0 Å². The van der Waals surface area contributed by atoms with Crippen LogP contribution in [0.5, 0.6) is 5.75 Å². The number of hydrogen-bond donors (Lipinski definition) is 5. The predicted octanol–water partition coefficient (Wildman–Crippen LogP) is -0.518. The molecule has 6 atom stereocenters. The number of phenols is 1. The number of aromatic hydroxyl groups is 1. The molecule has 6 N–H and O–H groups in total. The van der Waals surface area contributed by atoms with E-state index in [1.54, 1.807) is 0 Å². The average molecular weight is 465 g/mol. The summed E-state index contributed by atoms with van der Waals surface area (Å²) >= 11 is 6.18. The van der Waals surface area contributed by atoms with E-state index in [9.17, 15) is 39.6 Å². The van der Waals surface area contributed by atoms with Gasteiger partial charge in [0.15, 0.2) is 23.1 Å². The number of Topliss-reactive ketones (excluding diaryl/α,β-unsaturated/α-hetero) is 3. The minimum absolute atomic E-state index is 0.0129. The van der Waals surface area contributed by atoms with Crippen LogP contribution in [0.2, 0.25) is 5.02 Å². The third kappa shape index (κ3) is 2.64. The van der Waals surface area contributed by atoms with Gasteiger partial charge >= 0.3 is 0 Å². The van der Waals surface area contributed by atoms with Gasteiger partial charge in [0.05, 0.1) is 17.7 Å². The largest absolute Gasteiger partial charge is 0.507 e. The molecule has 1 aromatic rings. The number of fused-ring (bicyclic) bond motifs is 3. The molecule has 4 rings (SSSR count). The summed E-state index contributed by atoms with van der Waals surface area (Å²) in [7, 11) is 2.96. The molecule has 2 fully saturated rings. The quantitative estimate of drug-likeness (QED) is 0.360. The molecule has 0 heterocycles. The van der Waals surface area contributed by atoms with Crippen LogP contribution in [0.4, 0.5) is 0 Å². The lowest BCUT2D eigenvalue weighted by molar-refractivity contribution is -0.177. The van der Waals surface area contributed by atoms with Crippen molar-refractivity contribution in [2.75, 3.05) is 14.1 Å². The third-order valence-corrected chi connectivity index (χ3v) is 7.11. The van der Waals surface area contributed by atoms with E-state index < -0.39 is 75.8 Å². The molecule has 1 aromatic carbocycles. The van der Waals surface area contributed by atoms with E-state index in [1.165, 1.54) is 25.1 Å². The monoisotopic (exact) mass is 464 g/mol. The molecule has 0 spiro atoms. The second-order valence-electron chi connectivity index (χ2n) is 8.62. The van der Waals surface area contributed by atoms with Crippen molar-refractivity contribution >= 4 is 40.6 Å². The smallest absolute Gasteiger partial charge is 0.235 e. The lowest BCUT2D eigenvalue weighted by atomic mass is 9.54. The van der Waals surface area contributed by atoms with Gasteiger partial charge in [-0.25, -0.2) is 0 Å². The van der Waals surface area contributed by atoms with Gasteiger partial charge in [-0.05, 0) is 32.6 Å². The SMILES string of the molecule is CN(C)C1C(=O)C(C(N)=O)C(=O)C2(O)C(=O)C3=C(O)c4c(O)ccc(Cl)c4C(O)C3CC12. The Morgan fingerprint density at radius 2 is 1.84 bits per heavy atom. The summed E-state index contributed by atoms with van der Waals surface area (Å²) in [6.07, 6.45) is -1.74. The molecule has 0 saturated heterocycles. The van der Waals surface area contributed by atoms with Crippen LogP contribution in [-0.4, -0.2) is 74.3 Å². The molecule has 11 heteroatoms. The van der Waals surface area contributed by atoms with Crippen molar-refractivity contribution < 1.29 is 39.6 Å². The summed E-state index contributed by atoms with van der Waals surface area (Å²) in [6.45, 7) is 0. The van der Waals surface area contributed by atoms with Gasteiger partial charge in [-0.3, -0.25) is 24.1 Å². The van der Waals surface area contributed by atoms with Crippen LogP contribution in [-0.2, 0) is 19.2 Å². The van der Waals surface area contributed by atoms with Crippen LogP contribution in [0.3, 0.4) is 0 Å². The molecule has 3 aliphatic rings. The first kappa shape index (κ1) is 22.4. The summed E-state index contributed by atoms with van der Waals surface area (Å²) in [5.74, 6) is -10.5. The zero-order valence-corrected chi connectivity index (χ0v) is 17.8. The van der Waals surface area contributed by atoms with Crippen LogP contribution >= 0.6 is 11.6 Å². The minimum Gasteiger partial charge on any atom is -0.507 e. The Kier molecular flexibility index (Phi) is 4.98. The third-order valence-electron chi connectivity index (χ3n) is 6.78. The van der Waals surface area contributed by atoms with E-state index in [2.05, 4.69) is 0 Å². The molecule has 170 valence electrons. The summed E-state index contributed by atoms with van der Waals surface area (Å²) in [5, 5.41) is 43.6. The molecule has 0 bridgehead atoms. The van der Waals surface area contributed by atoms with Crippen molar-refractivity contribution in [2.45, 2.75) is 24.2 Å². The molecular formula is C21H21ClN2O8. The number of primary amides is 1. The highest BCUT2D eigenvalue weighted by atomic mass is 35.5. The first-order valence-electron chi connectivity index (χ1n) is 9.79. The van der Waals surface area contributed by atoms with Gasteiger partial charge < -0.3 is 26.2 Å². The Hall–Kier alpha value is -2.79. The van der Waals surface area contributed by atoms with Crippen molar-refractivity contribution in [1.82, 2.24) is 4.90 Å². The number of halogens is 1. The lowest BCUT2D eigenvalue weighted by Crippen LogP contribution is -2.72. The molecular weight excluding hydrogens is 444 g/mol. The van der Waals surface area contributed by atoms with Gasteiger partial charge in [0, 0.05) is 28.0 Å². The molecule has 0 radical (unpaired) electrons. The van der Waals surface area contributed by atoms with Crippen molar-refractivity contribution in [3.05, 3.63) is 33.9 Å². The van der Waals surface area contributed by atoms with Crippen molar-refractivity contribution in [3.8, 4) is 5.75 Å². The maximum absolute atomic E-state index is 13.5. The molecule has 6 unspecified atom stereocenters. The number of carbonyl (C=O) groups is 4. The van der Waals surface area contributed by atoms with E-state index in [4.69, 9.17) is 17.3 Å². The summed E-state index contributed by atoms with van der Waals surface area (Å²) in [4.78, 5) is 52.9. The topological polar surface area (TPSA) is 178 Å². The fraction of sp³-hybridized carbons (Fsp3) is 0.429. The molecule has 10 nitrogen and oxygen atoms in total. The fourth-order valence-electron chi connectivity index (χ4n) is 5.38. The lowest BCUT2D eigenvalue weighted by Gasteiger charge is -2.51. The number of phenolic OH excluding ortho intramolecular Hbond substituents is 1. The van der Waals surface area contributed by atoms with E-state index in [0.717, 1.165) is 6.07 Å². The van der Waals surface area contributed by atoms with E-state index in [-0.39, 0.29) is 22.6 Å². The number of amides is 1. The Morgan fingerprint density at radius 3 is 2.41 bits per heavy atom. The normalized spacial score (nSPS) is 34.3. The Labute approximate surface area is 186 Å². The van der Waals surface area contributed by atoms with Crippen LogP contribution in [0, 0.1) is 17.8 Å². The van der Waals surface area contributed by atoms with Crippen LogP contribution in [0.15, 0.2) is 17.7 Å². The van der Waals surface area contributed by atoms with Gasteiger partial charge in [0.25, 0.3) is 0 Å². The second kappa shape index (κ2) is 7.11. The Bertz CT molecular complexity index is 1130. The van der Waals surface area contributed by atoms with Crippen LogP contribution in [0.1, 0.15) is 23.7 Å². The van der Waals surface area contributed by atoms with Crippen molar-refractivity contribution in [3.63, 3.8) is 0 Å². The molecule has 1 amide bonds. The van der Waals surface area contributed by atoms with Gasteiger partial charge in [-0.2, -0.15) is 0 Å². The van der Waals surface area contributed by atoms with Gasteiger partial charge in [0.1, 0.15) is 11.5 Å². The van der Waals surface area contributed by atoms with Gasteiger partial charge in [0.2, 0.25) is 11.7 Å². The average Bonchev–Trinajstić information content (AvgIpc) is 2.69. The Morgan fingerprint density at radius 1 is 1.22 bits per heavy atom. The number of aliphatic hydroxyl groups excluding tert-OH is 2. The number of carbonyl (C=O) groups excluding carboxylic acids is 4. The summed E-state index contributed by atoms with van der Waals surface area (Å²) < 4.78 is 0. The highest BCUT2D eigenvalue weighted by Gasteiger charge is 2.68. The number of nitrogens with zero attached hydrogens (tertiary/aromatic N) is 1. The molecule has 2 saturated carbocycles. The van der Waals surface area contributed by atoms with Crippen molar-refractivity contribution in [2.24, 2.45) is 23.5 Å². The standard InChI is InChI=1S/C21H21ClN2O8/c1-24(2)14-7-5-6-10(16(27)12-9(25)4-3-8(22)11(12)15(6)26)18(29)21(7,32)19(30)13(17(14)28)20(23)31/h3-4,6-7,13-15,25-27,32H,5H2,1-2H3,(H2,23,31). The number of likely N-dealkylation sites (N-methyl/N-ethyl adjacent to an activating group) is 1. The zero-order valence-electron chi connectivity index (χ0n) is 17.1. The molecule has 0 aromatic heterocycles. The maximum Gasteiger partial charge on any atom is 0.235 e. The zero-order chi connectivity index (χ0) is 23.9. The predicted molar refractivity (Wildman–Crippen MR) is 109 cm³/mol. The number of rotatable bonds is 2. The van der Waals surface area contributed by atoms with Crippen molar-refractivity contribution in [1.29, 1.82) is 0 Å². The molecule has 32 heavy (non-hydrogen) atoms. The van der Waals surface area contributed by atoms with Crippen LogP contribution < -0.4 is 5.73 Å². The summed E-state index contributed by atoms with van der Waals surface area (Å²) in [5.41, 5.74) is 1.62. The Balaban J connectivity index is 1.98. The summed E-state index contributed by atoms with van der Waals surface area (Å²) in [6, 6.07) is 1.23.